The molecule has 0 bridgehead atoms. The van der Waals surface area contributed by atoms with Crippen LogP contribution in [0, 0.1) is 5.41 Å². The Morgan fingerprint density at radius 1 is 1.44 bits per heavy atom. The second-order valence-electron chi connectivity index (χ2n) is 5.21. The largest absolute Gasteiger partial charge is 0.355 e. The molecule has 0 unspecified atom stereocenters. The summed E-state index contributed by atoms with van der Waals surface area (Å²) in [7, 11) is 1.97. The molecule has 0 heterocycles. The standard InChI is InChI=1S/C12H27N3O/c1-5-7-14-11(16)9-15(4)8-6-12(2,3)10-13/h5-10,13H2,1-4H3,(H,14,16). The third-order valence-electron chi connectivity index (χ3n) is 2.71. The van der Waals surface area contributed by atoms with Crippen molar-refractivity contribution in [3.63, 3.8) is 0 Å². The zero-order valence-electron chi connectivity index (χ0n) is 11.2. The molecule has 0 aromatic carbocycles. The molecule has 0 saturated carbocycles. The van der Waals surface area contributed by atoms with E-state index in [1.165, 1.54) is 0 Å². The molecule has 0 radical (unpaired) electrons. The first-order valence-corrected chi connectivity index (χ1v) is 6.06. The van der Waals surface area contributed by atoms with Gasteiger partial charge in [-0.05, 0) is 38.4 Å². The van der Waals surface area contributed by atoms with E-state index in [1.807, 2.05) is 18.9 Å². The first-order chi connectivity index (χ1) is 7.41. The lowest BCUT2D eigenvalue weighted by molar-refractivity contribution is -0.122. The minimum Gasteiger partial charge on any atom is -0.355 e. The van der Waals surface area contributed by atoms with Gasteiger partial charge in [-0.1, -0.05) is 20.8 Å². The van der Waals surface area contributed by atoms with Crippen LogP contribution >= 0.6 is 0 Å². The van der Waals surface area contributed by atoms with Crippen molar-refractivity contribution in [2.45, 2.75) is 33.6 Å². The van der Waals surface area contributed by atoms with Crippen LogP contribution in [0.25, 0.3) is 0 Å². The fraction of sp³-hybridized carbons (Fsp3) is 0.917. The van der Waals surface area contributed by atoms with Gasteiger partial charge in [0.25, 0.3) is 0 Å². The van der Waals surface area contributed by atoms with Gasteiger partial charge >= 0.3 is 0 Å². The average molecular weight is 229 g/mol. The van der Waals surface area contributed by atoms with Crippen molar-refractivity contribution in [3.8, 4) is 0 Å². The number of rotatable bonds is 8. The highest BCUT2D eigenvalue weighted by atomic mass is 16.1. The summed E-state index contributed by atoms with van der Waals surface area (Å²) in [5, 5.41) is 2.87. The molecule has 4 heteroatoms. The Morgan fingerprint density at radius 2 is 2.06 bits per heavy atom. The highest BCUT2D eigenvalue weighted by Gasteiger charge is 2.16. The number of hydrogen-bond donors (Lipinski definition) is 2. The molecule has 0 atom stereocenters. The van der Waals surface area contributed by atoms with E-state index in [0.29, 0.717) is 13.1 Å². The van der Waals surface area contributed by atoms with Crippen molar-refractivity contribution in [2.75, 3.05) is 33.2 Å². The molecule has 0 aliphatic carbocycles. The number of nitrogens with one attached hydrogen (secondary N) is 1. The highest BCUT2D eigenvalue weighted by molar-refractivity contribution is 5.77. The van der Waals surface area contributed by atoms with Crippen LogP contribution in [0.3, 0.4) is 0 Å². The third kappa shape index (κ3) is 7.65. The molecule has 0 aliphatic heterocycles. The van der Waals surface area contributed by atoms with Crippen molar-refractivity contribution < 1.29 is 4.79 Å². The summed E-state index contributed by atoms with van der Waals surface area (Å²) in [6.07, 6.45) is 2.00. The number of hydrogen-bond acceptors (Lipinski definition) is 3. The van der Waals surface area contributed by atoms with Gasteiger partial charge in [-0.2, -0.15) is 0 Å². The Kier molecular flexibility index (Phi) is 7.34. The summed E-state index contributed by atoms with van der Waals surface area (Å²) in [5.41, 5.74) is 5.82. The number of carbonyl (C=O) groups is 1. The molecule has 0 spiro atoms. The average Bonchev–Trinajstić information content (AvgIpc) is 2.24. The predicted molar refractivity (Wildman–Crippen MR) is 68.3 cm³/mol. The lowest BCUT2D eigenvalue weighted by Gasteiger charge is -2.25. The van der Waals surface area contributed by atoms with E-state index in [-0.39, 0.29) is 11.3 Å². The molecule has 16 heavy (non-hydrogen) atoms. The Hall–Kier alpha value is -0.610. The highest BCUT2D eigenvalue weighted by Crippen LogP contribution is 2.17. The number of nitrogens with zero attached hydrogens (tertiary/aromatic N) is 1. The minimum absolute atomic E-state index is 0.106. The van der Waals surface area contributed by atoms with Crippen LogP contribution in [0.5, 0.6) is 0 Å². The Labute approximate surface area is 99.6 Å². The summed E-state index contributed by atoms with van der Waals surface area (Å²) in [6, 6.07) is 0. The van der Waals surface area contributed by atoms with Gasteiger partial charge < -0.3 is 11.1 Å². The van der Waals surface area contributed by atoms with Crippen LogP contribution in [0.2, 0.25) is 0 Å². The van der Waals surface area contributed by atoms with Crippen molar-refractivity contribution in [1.82, 2.24) is 10.2 Å². The molecule has 0 fully saturated rings. The fourth-order valence-electron chi connectivity index (χ4n) is 1.24. The van der Waals surface area contributed by atoms with Gasteiger partial charge in [0.2, 0.25) is 5.91 Å². The molecule has 0 saturated heterocycles. The van der Waals surface area contributed by atoms with Crippen LogP contribution in [0.4, 0.5) is 0 Å². The quantitative estimate of drug-likeness (QED) is 0.648. The molecule has 4 nitrogen and oxygen atoms in total. The summed E-state index contributed by atoms with van der Waals surface area (Å²) in [6.45, 7) is 9.18. The Balaban J connectivity index is 3.73. The number of nitrogens with two attached hydrogens (primary N) is 1. The molecular formula is C12H27N3O. The van der Waals surface area contributed by atoms with Gasteiger partial charge in [-0.3, -0.25) is 9.69 Å². The summed E-state index contributed by atoms with van der Waals surface area (Å²) < 4.78 is 0. The molecule has 0 aromatic rings. The van der Waals surface area contributed by atoms with Crippen LogP contribution < -0.4 is 11.1 Å². The lowest BCUT2D eigenvalue weighted by atomic mass is 9.89. The fourth-order valence-corrected chi connectivity index (χ4v) is 1.24. The smallest absolute Gasteiger partial charge is 0.234 e. The topological polar surface area (TPSA) is 58.4 Å². The zero-order chi connectivity index (χ0) is 12.6. The molecule has 0 aromatic heterocycles. The third-order valence-corrected chi connectivity index (χ3v) is 2.71. The normalized spacial score (nSPS) is 11.9. The van der Waals surface area contributed by atoms with Gasteiger partial charge in [-0.25, -0.2) is 0 Å². The zero-order valence-corrected chi connectivity index (χ0v) is 11.2. The van der Waals surface area contributed by atoms with Gasteiger partial charge in [0.1, 0.15) is 0 Å². The molecule has 0 rings (SSSR count). The number of likely N-dealkylation sites (N-methyl/N-ethyl adjacent to an activating group) is 1. The van der Waals surface area contributed by atoms with E-state index in [0.717, 1.165) is 25.9 Å². The SMILES string of the molecule is CCCNC(=O)CN(C)CCC(C)(C)CN. The first kappa shape index (κ1) is 15.4. The van der Waals surface area contributed by atoms with Crippen LogP contribution in [-0.2, 0) is 4.79 Å². The second-order valence-corrected chi connectivity index (χ2v) is 5.21. The molecule has 1 amide bonds. The van der Waals surface area contributed by atoms with E-state index in [4.69, 9.17) is 5.73 Å². The maximum atomic E-state index is 11.4. The predicted octanol–water partition coefficient (Wildman–Crippen LogP) is 0.819. The van der Waals surface area contributed by atoms with Crippen molar-refractivity contribution in [3.05, 3.63) is 0 Å². The maximum Gasteiger partial charge on any atom is 0.234 e. The molecule has 96 valence electrons. The van der Waals surface area contributed by atoms with E-state index < -0.39 is 0 Å². The van der Waals surface area contributed by atoms with E-state index in [9.17, 15) is 4.79 Å². The lowest BCUT2D eigenvalue weighted by Crippen LogP contribution is -2.37. The second kappa shape index (κ2) is 7.63. The van der Waals surface area contributed by atoms with Gasteiger partial charge in [-0.15, -0.1) is 0 Å². The van der Waals surface area contributed by atoms with Crippen LogP contribution in [0.1, 0.15) is 33.6 Å². The molecule has 0 aliphatic rings. The van der Waals surface area contributed by atoms with Gasteiger partial charge in [0, 0.05) is 6.54 Å². The molecule has 3 N–H and O–H groups in total. The van der Waals surface area contributed by atoms with Crippen LogP contribution in [-0.4, -0.2) is 44.0 Å². The minimum atomic E-state index is 0.106. The van der Waals surface area contributed by atoms with Crippen molar-refractivity contribution in [1.29, 1.82) is 0 Å². The van der Waals surface area contributed by atoms with E-state index >= 15 is 0 Å². The van der Waals surface area contributed by atoms with E-state index in [2.05, 4.69) is 19.2 Å². The number of carbonyl (C=O) groups excluding carboxylic acids is 1. The van der Waals surface area contributed by atoms with Gasteiger partial charge in [0.15, 0.2) is 0 Å². The van der Waals surface area contributed by atoms with Crippen LogP contribution in [0.15, 0.2) is 0 Å². The van der Waals surface area contributed by atoms with Crippen molar-refractivity contribution >= 4 is 5.91 Å². The summed E-state index contributed by atoms with van der Waals surface area (Å²) in [4.78, 5) is 13.5. The summed E-state index contributed by atoms with van der Waals surface area (Å²) >= 11 is 0. The Morgan fingerprint density at radius 3 is 2.56 bits per heavy atom. The Bertz CT molecular complexity index is 204. The number of amides is 1. The first-order valence-electron chi connectivity index (χ1n) is 6.06. The van der Waals surface area contributed by atoms with Gasteiger partial charge in [0.05, 0.1) is 6.54 Å². The van der Waals surface area contributed by atoms with Crippen molar-refractivity contribution in [2.24, 2.45) is 11.1 Å². The van der Waals surface area contributed by atoms with E-state index in [1.54, 1.807) is 0 Å². The maximum absolute atomic E-state index is 11.4. The summed E-state index contributed by atoms with van der Waals surface area (Å²) in [5.74, 6) is 0.106. The molecular weight excluding hydrogens is 202 g/mol. The monoisotopic (exact) mass is 229 g/mol.